The van der Waals surface area contributed by atoms with Crippen molar-refractivity contribution >= 4 is 40.0 Å². The van der Waals surface area contributed by atoms with Crippen molar-refractivity contribution in [3.63, 3.8) is 0 Å². The average Bonchev–Trinajstić information content (AvgIpc) is 3.48. The number of anilines is 3. The normalized spacial score (nSPS) is 18.9. The van der Waals surface area contributed by atoms with Gasteiger partial charge in [-0.3, -0.25) is 9.59 Å². The minimum atomic E-state index is -0.629. The maximum Gasteiger partial charge on any atom is 0.251 e. The van der Waals surface area contributed by atoms with Gasteiger partial charge in [-0.1, -0.05) is 26.0 Å². The van der Waals surface area contributed by atoms with Gasteiger partial charge in [0, 0.05) is 48.0 Å². The first kappa shape index (κ1) is 30.7. The molecule has 6 rings (SSSR count). The quantitative estimate of drug-likeness (QED) is 0.214. The highest BCUT2D eigenvalue weighted by atomic mass is 19.1. The van der Waals surface area contributed by atoms with Crippen LogP contribution in [0.5, 0.6) is 0 Å². The Morgan fingerprint density at radius 2 is 1.82 bits per heavy atom. The van der Waals surface area contributed by atoms with Gasteiger partial charge in [0.15, 0.2) is 5.82 Å². The molecule has 1 aliphatic carbocycles. The third-order valence-corrected chi connectivity index (χ3v) is 9.17. The Balaban J connectivity index is 1.44. The molecule has 2 aliphatic rings. The van der Waals surface area contributed by atoms with Crippen molar-refractivity contribution in [3.05, 3.63) is 65.2 Å². The summed E-state index contributed by atoms with van der Waals surface area (Å²) in [4.78, 5) is 37.9. The van der Waals surface area contributed by atoms with Crippen LogP contribution in [0.2, 0.25) is 0 Å². The van der Waals surface area contributed by atoms with Gasteiger partial charge < -0.3 is 25.4 Å². The number of carbonyl (C=O) groups is 2. The number of nitrogens with one attached hydrogen (secondary N) is 3. The summed E-state index contributed by atoms with van der Waals surface area (Å²) in [6, 6.07) is 11.9. The molecule has 236 valence electrons. The lowest BCUT2D eigenvalue weighted by Gasteiger charge is -2.43. The molecule has 3 N–H and O–H groups in total. The number of halogens is 1. The monoisotopic (exact) mass is 611 g/mol. The molecule has 0 saturated heterocycles. The van der Waals surface area contributed by atoms with E-state index in [0.717, 1.165) is 35.2 Å². The van der Waals surface area contributed by atoms with Crippen LogP contribution in [-0.4, -0.2) is 51.5 Å². The highest BCUT2D eigenvalue weighted by Crippen LogP contribution is 2.47. The number of fused-ring (bicyclic) bond motifs is 2. The van der Waals surface area contributed by atoms with Crippen LogP contribution >= 0.6 is 0 Å². The van der Waals surface area contributed by atoms with E-state index in [1.54, 1.807) is 20.3 Å². The van der Waals surface area contributed by atoms with E-state index in [1.165, 1.54) is 12.1 Å². The lowest BCUT2D eigenvalue weighted by Crippen LogP contribution is -2.56. The van der Waals surface area contributed by atoms with Gasteiger partial charge in [-0.2, -0.15) is 0 Å². The summed E-state index contributed by atoms with van der Waals surface area (Å²) in [5, 5.41) is 9.40. The van der Waals surface area contributed by atoms with E-state index in [0.29, 0.717) is 40.2 Å². The number of nitrogens with zero attached hydrogens (tertiary/aromatic N) is 4. The Morgan fingerprint density at radius 3 is 2.49 bits per heavy atom. The fraction of sp³-hybridized carbons (Fsp3) is 0.429. The molecule has 0 spiro atoms. The van der Waals surface area contributed by atoms with Crippen LogP contribution in [0.15, 0.2) is 42.7 Å². The van der Waals surface area contributed by atoms with Gasteiger partial charge in [-0.25, -0.2) is 14.4 Å². The number of aromatic nitrogens is 3. The lowest BCUT2D eigenvalue weighted by molar-refractivity contribution is -0.123. The molecule has 0 atom stereocenters. The van der Waals surface area contributed by atoms with E-state index >= 15 is 4.39 Å². The Kier molecular flexibility index (Phi) is 7.67. The first-order chi connectivity index (χ1) is 21.3. The summed E-state index contributed by atoms with van der Waals surface area (Å²) in [6.45, 7) is 14.1. The molecule has 2 aromatic heterocycles. The summed E-state index contributed by atoms with van der Waals surface area (Å²) < 4.78 is 17.3. The van der Waals surface area contributed by atoms with Crippen molar-refractivity contribution in [1.82, 2.24) is 25.2 Å². The number of hydrogen-bond donors (Lipinski definition) is 3. The SMILES string of the molecule is CNC(=O)c1cc(Nc2nc(-c3ccc4c(c3)N([C@H]3C[C@@H](NC(C)C)C3)C(=O)C4(C)C)cc3ncn(C(C)C)c23)c(F)cc1C. The number of benzene rings is 2. The zero-order valence-corrected chi connectivity index (χ0v) is 27.2. The van der Waals surface area contributed by atoms with E-state index in [2.05, 4.69) is 40.8 Å². The minimum Gasteiger partial charge on any atom is -0.355 e. The summed E-state index contributed by atoms with van der Waals surface area (Å²) >= 11 is 0. The Bertz CT molecular complexity index is 1820. The summed E-state index contributed by atoms with van der Waals surface area (Å²) in [5.41, 5.74) is 5.25. The van der Waals surface area contributed by atoms with Gasteiger partial charge in [0.25, 0.3) is 5.91 Å². The fourth-order valence-corrected chi connectivity index (χ4v) is 6.68. The zero-order valence-electron chi connectivity index (χ0n) is 27.2. The molecule has 2 amide bonds. The Labute approximate surface area is 263 Å². The van der Waals surface area contributed by atoms with E-state index < -0.39 is 11.2 Å². The number of hydrogen-bond acceptors (Lipinski definition) is 6. The van der Waals surface area contributed by atoms with Gasteiger partial charge >= 0.3 is 0 Å². The number of rotatable bonds is 8. The van der Waals surface area contributed by atoms with Crippen molar-refractivity contribution in [2.45, 2.75) is 90.9 Å². The van der Waals surface area contributed by atoms with Crippen molar-refractivity contribution in [1.29, 1.82) is 0 Å². The second-order valence-electron chi connectivity index (χ2n) is 13.5. The minimum absolute atomic E-state index is 0.0748. The molecule has 1 saturated carbocycles. The predicted molar refractivity (Wildman–Crippen MR) is 177 cm³/mol. The standard InChI is InChI=1S/C35H42FN7O2/c1-18(2)39-22-13-23(14-22)43-30-12-21(9-10-25(30)35(6,7)34(43)45)27-16-29-31(42(17-38-29)19(3)4)32(40-27)41-28-15-24(33(44)37-8)20(5)11-26(28)36/h9-12,15-19,22-23,39H,13-14H2,1-8H3,(H,37,44)(H,40,41)/t22-,23+. The van der Waals surface area contributed by atoms with E-state index in [1.807, 2.05) is 55.4 Å². The van der Waals surface area contributed by atoms with Crippen LogP contribution in [-0.2, 0) is 10.2 Å². The largest absolute Gasteiger partial charge is 0.355 e. The second kappa shape index (κ2) is 11.2. The maximum atomic E-state index is 15.3. The topological polar surface area (TPSA) is 104 Å². The first-order valence-electron chi connectivity index (χ1n) is 15.7. The van der Waals surface area contributed by atoms with Gasteiger partial charge in [-0.05, 0) is 82.9 Å². The van der Waals surface area contributed by atoms with Crippen LogP contribution < -0.4 is 20.9 Å². The molecule has 0 radical (unpaired) electrons. The van der Waals surface area contributed by atoms with Crippen molar-refractivity contribution in [3.8, 4) is 11.3 Å². The number of amides is 2. The molecule has 1 aliphatic heterocycles. The number of imidazole rings is 1. The number of aryl methyl sites for hydroxylation is 1. The zero-order chi connectivity index (χ0) is 32.4. The highest BCUT2D eigenvalue weighted by molar-refractivity contribution is 6.09. The lowest BCUT2D eigenvalue weighted by atomic mass is 9.84. The average molecular weight is 612 g/mol. The Hall–Kier alpha value is -4.31. The van der Waals surface area contributed by atoms with Gasteiger partial charge in [0.05, 0.1) is 28.6 Å². The molecule has 0 unspecified atom stereocenters. The molecular formula is C35H42FN7O2. The predicted octanol–water partition coefficient (Wildman–Crippen LogP) is 6.38. The smallest absolute Gasteiger partial charge is 0.251 e. The summed E-state index contributed by atoms with van der Waals surface area (Å²) in [7, 11) is 1.55. The van der Waals surface area contributed by atoms with Gasteiger partial charge in [0.2, 0.25) is 5.91 Å². The highest BCUT2D eigenvalue weighted by Gasteiger charge is 2.49. The van der Waals surface area contributed by atoms with Crippen LogP contribution in [0.3, 0.4) is 0 Å². The van der Waals surface area contributed by atoms with Crippen LogP contribution in [0.1, 0.15) is 81.9 Å². The molecule has 10 heteroatoms. The van der Waals surface area contributed by atoms with Crippen molar-refractivity contribution in [2.75, 3.05) is 17.3 Å². The molecule has 9 nitrogen and oxygen atoms in total. The van der Waals surface area contributed by atoms with E-state index in [4.69, 9.17) is 4.98 Å². The van der Waals surface area contributed by atoms with Crippen molar-refractivity contribution < 1.29 is 14.0 Å². The third-order valence-electron chi connectivity index (χ3n) is 9.17. The third kappa shape index (κ3) is 5.24. The van der Waals surface area contributed by atoms with Crippen LogP contribution in [0, 0.1) is 12.7 Å². The van der Waals surface area contributed by atoms with Crippen molar-refractivity contribution in [2.24, 2.45) is 0 Å². The van der Waals surface area contributed by atoms with Gasteiger partial charge in [0.1, 0.15) is 11.3 Å². The fourth-order valence-electron chi connectivity index (χ4n) is 6.68. The van der Waals surface area contributed by atoms with E-state index in [-0.39, 0.29) is 29.6 Å². The Morgan fingerprint density at radius 1 is 1.09 bits per heavy atom. The molecular weight excluding hydrogens is 569 g/mol. The van der Waals surface area contributed by atoms with Gasteiger partial charge in [-0.15, -0.1) is 0 Å². The summed E-state index contributed by atoms with van der Waals surface area (Å²) in [6.07, 6.45) is 3.58. The molecule has 2 aromatic carbocycles. The molecule has 0 bridgehead atoms. The number of carbonyl (C=O) groups excluding carboxylic acids is 2. The maximum absolute atomic E-state index is 15.3. The molecule has 1 fully saturated rings. The number of pyridine rings is 1. The second-order valence-corrected chi connectivity index (χ2v) is 13.5. The molecule has 45 heavy (non-hydrogen) atoms. The van der Waals surface area contributed by atoms with E-state index in [9.17, 15) is 9.59 Å². The summed E-state index contributed by atoms with van der Waals surface area (Å²) in [5.74, 6) is -0.246. The van der Waals surface area contributed by atoms with Crippen LogP contribution in [0.4, 0.5) is 21.6 Å². The van der Waals surface area contributed by atoms with Crippen LogP contribution in [0.25, 0.3) is 22.3 Å². The molecule has 3 heterocycles. The molecule has 4 aromatic rings. The first-order valence-corrected chi connectivity index (χ1v) is 15.7.